The Hall–Kier alpha value is -3.22. The molecule has 3 aromatic rings. The number of hydrogen-bond donors (Lipinski definition) is 1. The van der Waals surface area contributed by atoms with Crippen molar-refractivity contribution in [1.82, 2.24) is 15.2 Å². The van der Waals surface area contributed by atoms with E-state index in [9.17, 15) is 4.79 Å². The minimum atomic E-state index is -0.413. The highest BCUT2D eigenvalue weighted by molar-refractivity contribution is 5.86. The Labute approximate surface area is 169 Å². The van der Waals surface area contributed by atoms with Crippen LogP contribution in [0.1, 0.15) is 38.5 Å². The molecule has 4 rings (SSSR count). The third kappa shape index (κ3) is 5.19. The molecule has 1 aromatic carbocycles. The zero-order chi connectivity index (χ0) is 19.9. The number of aromatic nitrogens is 3. The molecule has 0 saturated heterocycles. The van der Waals surface area contributed by atoms with Crippen LogP contribution in [0.5, 0.6) is 0 Å². The Morgan fingerprint density at radius 1 is 1.07 bits per heavy atom. The maximum atomic E-state index is 12.2. The maximum absolute atomic E-state index is 12.2. The highest BCUT2D eigenvalue weighted by Gasteiger charge is 2.15. The molecule has 29 heavy (non-hydrogen) atoms. The van der Waals surface area contributed by atoms with E-state index >= 15 is 0 Å². The number of pyridine rings is 1. The van der Waals surface area contributed by atoms with E-state index in [-0.39, 0.29) is 0 Å². The van der Waals surface area contributed by atoms with E-state index in [1.165, 1.54) is 32.1 Å². The van der Waals surface area contributed by atoms with E-state index < -0.39 is 6.09 Å². The number of carbonyl (C=O) groups is 1. The highest BCUT2D eigenvalue weighted by atomic mass is 16.5. The smallest absolute Gasteiger partial charge is 0.411 e. The van der Waals surface area contributed by atoms with Gasteiger partial charge in [0.15, 0.2) is 0 Å². The molecule has 7 nitrogen and oxygen atoms in total. The molecule has 7 heteroatoms. The van der Waals surface area contributed by atoms with Crippen molar-refractivity contribution in [1.29, 1.82) is 0 Å². The lowest BCUT2D eigenvalue weighted by atomic mass is 10.0. The molecule has 2 heterocycles. The summed E-state index contributed by atoms with van der Waals surface area (Å²) in [6.45, 7) is 0.488. The fourth-order valence-corrected chi connectivity index (χ4v) is 3.67. The topological polar surface area (TPSA) is 90.1 Å². The first-order chi connectivity index (χ1) is 14.3. The molecule has 0 radical (unpaired) electrons. The van der Waals surface area contributed by atoms with Crippen LogP contribution in [0.2, 0.25) is 0 Å². The van der Waals surface area contributed by atoms with Gasteiger partial charge in [-0.1, -0.05) is 37.8 Å². The number of hydrogen-bond acceptors (Lipinski definition) is 6. The van der Waals surface area contributed by atoms with Gasteiger partial charge < -0.3 is 9.15 Å². The van der Waals surface area contributed by atoms with Gasteiger partial charge in [-0.15, -0.1) is 10.2 Å². The first-order valence-corrected chi connectivity index (χ1v) is 10.0. The third-order valence-electron chi connectivity index (χ3n) is 5.21. The van der Waals surface area contributed by atoms with Crippen molar-refractivity contribution >= 4 is 11.8 Å². The van der Waals surface area contributed by atoms with E-state index in [1.807, 2.05) is 30.3 Å². The fourth-order valence-electron chi connectivity index (χ4n) is 3.67. The molecule has 0 unspecified atom stereocenters. The summed E-state index contributed by atoms with van der Waals surface area (Å²) in [4.78, 5) is 16.5. The molecule has 1 saturated carbocycles. The average molecular weight is 392 g/mol. The van der Waals surface area contributed by atoms with Gasteiger partial charge in [-0.05, 0) is 42.5 Å². The molecule has 150 valence electrons. The Bertz CT molecular complexity index is 935. The largest absolute Gasteiger partial charge is 0.449 e. The van der Waals surface area contributed by atoms with Gasteiger partial charge in [0.1, 0.15) is 0 Å². The van der Waals surface area contributed by atoms with Crippen molar-refractivity contribution in [2.45, 2.75) is 38.5 Å². The van der Waals surface area contributed by atoms with Crippen LogP contribution >= 0.6 is 0 Å². The average Bonchev–Trinajstić information content (AvgIpc) is 3.17. The lowest BCUT2D eigenvalue weighted by Gasteiger charge is -2.14. The summed E-state index contributed by atoms with van der Waals surface area (Å²) in [5.74, 6) is 0.892. The number of carbonyl (C=O) groups excluding carboxylic acids is 1. The number of nitrogens with zero attached hydrogens (tertiary/aromatic N) is 3. The number of nitrogens with one attached hydrogen (secondary N) is 1. The predicted octanol–water partition coefficient (Wildman–Crippen LogP) is 5.32. The van der Waals surface area contributed by atoms with Crippen LogP contribution in [0.25, 0.3) is 22.6 Å². The summed E-state index contributed by atoms with van der Waals surface area (Å²) in [7, 11) is 0. The van der Waals surface area contributed by atoms with Crippen LogP contribution < -0.4 is 5.32 Å². The molecule has 1 aliphatic carbocycles. The van der Waals surface area contributed by atoms with Gasteiger partial charge >= 0.3 is 6.09 Å². The maximum Gasteiger partial charge on any atom is 0.411 e. The molecule has 2 aromatic heterocycles. The van der Waals surface area contributed by atoms with Gasteiger partial charge in [-0.25, -0.2) is 4.79 Å². The van der Waals surface area contributed by atoms with Crippen molar-refractivity contribution in [2.24, 2.45) is 5.92 Å². The van der Waals surface area contributed by atoms with Crippen molar-refractivity contribution in [3.8, 4) is 22.6 Å². The fraction of sp³-hybridized carbons (Fsp3) is 0.364. The van der Waals surface area contributed by atoms with Gasteiger partial charge in [0.2, 0.25) is 12.3 Å². The zero-order valence-corrected chi connectivity index (χ0v) is 16.2. The second kappa shape index (κ2) is 9.32. The van der Waals surface area contributed by atoms with Gasteiger partial charge in [-0.3, -0.25) is 10.3 Å². The standard InChI is InChI=1S/C22H24N4O3/c27-22(28-14-16-6-3-1-2-4-7-16)25-20-9-5-8-17(11-20)18-10-19(13-23-12-18)21-26-24-15-29-21/h5,8-13,15-16H,1-4,6-7,14H2,(H,25,27). The molecule has 1 aliphatic rings. The summed E-state index contributed by atoms with van der Waals surface area (Å²) < 4.78 is 10.7. The Morgan fingerprint density at radius 2 is 1.90 bits per heavy atom. The van der Waals surface area contributed by atoms with Crippen molar-refractivity contribution < 1.29 is 13.9 Å². The van der Waals surface area contributed by atoms with Gasteiger partial charge in [0, 0.05) is 23.6 Å². The number of amides is 1. The Morgan fingerprint density at radius 3 is 2.69 bits per heavy atom. The number of benzene rings is 1. The predicted molar refractivity (Wildman–Crippen MR) is 109 cm³/mol. The lowest BCUT2D eigenvalue weighted by Crippen LogP contribution is -2.18. The molecule has 0 atom stereocenters. The number of anilines is 1. The van der Waals surface area contributed by atoms with Crippen LogP contribution in [0.4, 0.5) is 10.5 Å². The van der Waals surface area contributed by atoms with Crippen LogP contribution in [0.3, 0.4) is 0 Å². The van der Waals surface area contributed by atoms with Crippen molar-refractivity contribution in [3.05, 3.63) is 49.1 Å². The van der Waals surface area contributed by atoms with Gasteiger partial charge in [-0.2, -0.15) is 0 Å². The SMILES string of the molecule is O=C(Nc1cccc(-c2cncc(-c3nnco3)c2)c1)OCC1CCCCCC1. The molecular formula is C22H24N4O3. The van der Waals surface area contributed by atoms with Crippen molar-refractivity contribution in [2.75, 3.05) is 11.9 Å². The number of rotatable bonds is 5. The quantitative estimate of drug-likeness (QED) is 0.591. The minimum absolute atomic E-state index is 0.413. The summed E-state index contributed by atoms with van der Waals surface area (Å²) in [5, 5.41) is 10.4. The monoisotopic (exact) mass is 392 g/mol. The minimum Gasteiger partial charge on any atom is -0.449 e. The normalized spacial score (nSPS) is 14.9. The summed E-state index contributed by atoms with van der Waals surface area (Å²) in [5.41, 5.74) is 3.22. The molecule has 1 amide bonds. The number of ether oxygens (including phenoxy) is 1. The van der Waals surface area contributed by atoms with E-state index in [0.717, 1.165) is 29.5 Å². The van der Waals surface area contributed by atoms with Gasteiger partial charge in [0.25, 0.3) is 0 Å². The molecule has 0 spiro atoms. The molecule has 0 aliphatic heterocycles. The first kappa shape index (κ1) is 19.1. The third-order valence-corrected chi connectivity index (χ3v) is 5.21. The van der Waals surface area contributed by atoms with E-state index in [0.29, 0.717) is 24.1 Å². The van der Waals surface area contributed by atoms with E-state index in [1.54, 1.807) is 12.4 Å². The van der Waals surface area contributed by atoms with Crippen molar-refractivity contribution in [3.63, 3.8) is 0 Å². The van der Waals surface area contributed by atoms with Gasteiger partial charge in [0.05, 0.1) is 12.2 Å². The molecule has 1 fully saturated rings. The first-order valence-electron chi connectivity index (χ1n) is 10.0. The van der Waals surface area contributed by atoms with E-state index in [4.69, 9.17) is 9.15 Å². The van der Waals surface area contributed by atoms with Crippen LogP contribution in [0.15, 0.2) is 53.5 Å². The summed E-state index contributed by atoms with van der Waals surface area (Å²) in [6, 6.07) is 9.49. The molecular weight excluding hydrogens is 368 g/mol. The van der Waals surface area contributed by atoms with Crippen LogP contribution in [-0.4, -0.2) is 27.9 Å². The Kier molecular flexibility index (Phi) is 6.14. The highest BCUT2D eigenvalue weighted by Crippen LogP contribution is 2.26. The second-order valence-corrected chi connectivity index (χ2v) is 7.37. The second-order valence-electron chi connectivity index (χ2n) is 7.37. The molecule has 1 N–H and O–H groups in total. The lowest BCUT2D eigenvalue weighted by molar-refractivity contribution is 0.136. The summed E-state index contributed by atoms with van der Waals surface area (Å²) >= 11 is 0. The van der Waals surface area contributed by atoms with Crippen LogP contribution in [0, 0.1) is 5.92 Å². The summed E-state index contributed by atoms with van der Waals surface area (Å²) in [6.07, 6.45) is 11.6. The zero-order valence-electron chi connectivity index (χ0n) is 16.2. The van der Waals surface area contributed by atoms with Crippen LogP contribution in [-0.2, 0) is 4.74 Å². The van der Waals surface area contributed by atoms with E-state index in [2.05, 4.69) is 20.5 Å². The molecule has 0 bridgehead atoms. The Balaban J connectivity index is 1.40.